The van der Waals surface area contributed by atoms with Crippen molar-refractivity contribution in [2.75, 3.05) is 20.3 Å². The van der Waals surface area contributed by atoms with Crippen LogP contribution in [0.5, 0.6) is 0 Å². The molecule has 0 spiro atoms. The maximum Gasteiger partial charge on any atom is 0.303 e. The van der Waals surface area contributed by atoms with Crippen molar-refractivity contribution in [2.45, 2.75) is 109 Å². The number of ether oxygens (including phenoxy) is 10. The number of rotatable bonds is 10. The molecule has 0 N–H and O–H groups in total. The number of nitrogens with zero attached hydrogens (tertiary/aromatic N) is 1. The van der Waals surface area contributed by atoms with E-state index in [1.807, 2.05) is 6.07 Å². The van der Waals surface area contributed by atoms with Gasteiger partial charge in [-0.05, 0) is 0 Å². The van der Waals surface area contributed by atoms with Crippen LogP contribution in [0.25, 0.3) is 0 Å². The predicted octanol–water partition coefficient (Wildman–Crippen LogP) is 0.704. The number of carbonyl (C=O) groups is 6. The first-order chi connectivity index (χ1) is 23.2. The van der Waals surface area contributed by atoms with E-state index in [0.29, 0.717) is 5.56 Å². The molecule has 3 aliphatic heterocycles. The molecule has 0 aliphatic carbocycles. The Morgan fingerprint density at radius 1 is 0.714 bits per heavy atom. The van der Waals surface area contributed by atoms with Gasteiger partial charge in [0, 0.05) is 54.2 Å². The molecule has 1 aromatic carbocycles. The Bertz CT molecular complexity index is 1360. The van der Waals surface area contributed by atoms with Gasteiger partial charge in [0.2, 0.25) is 11.8 Å². The second kappa shape index (κ2) is 16.6. The van der Waals surface area contributed by atoms with Crippen LogP contribution in [0.4, 0.5) is 0 Å². The minimum Gasteiger partial charge on any atom is -0.463 e. The zero-order chi connectivity index (χ0) is 36.0. The monoisotopic (exact) mass is 695 g/mol. The summed E-state index contributed by atoms with van der Waals surface area (Å²) >= 11 is 0. The van der Waals surface area contributed by atoms with Crippen molar-refractivity contribution >= 4 is 35.7 Å². The molecule has 17 heteroatoms. The van der Waals surface area contributed by atoms with Crippen LogP contribution in [0, 0.1) is 0 Å². The fraction of sp³-hybridized carbons (Fsp3) is 0.625. The first kappa shape index (κ1) is 37.8. The highest BCUT2D eigenvalue weighted by Gasteiger charge is 2.59. The highest BCUT2D eigenvalue weighted by atomic mass is 16.8. The lowest BCUT2D eigenvalue weighted by Gasteiger charge is -2.52. The van der Waals surface area contributed by atoms with Gasteiger partial charge in [0.15, 0.2) is 37.2 Å². The van der Waals surface area contributed by atoms with Crippen LogP contribution in [0.3, 0.4) is 0 Å². The Hall–Kier alpha value is -4.00. The average molecular weight is 696 g/mol. The quantitative estimate of drug-likeness (QED) is 0.245. The normalized spacial score (nSPS) is 32.5. The third kappa shape index (κ3) is 9.17. The van der Waals surface area contributed by atoms with E-state index in [2.05, 4.69) is 0 Å². The van der Waals surface area contributed by atoms with Gasteiger partial charge in [0.1, 0.15) is 37.1 Å². The number of hydrogen-bond acceptors (Lipinski definition) is 16. The lowest BCUT2D eigenvalue weighted by atomic mass is 9.93. The molecule has 0 aromatic heterocycles. The van der Waals surface area contributed by atoms with Crippen molar-refractivity contribution in [2.24, 2.45) is 0 Å². The fourth-order valence-corrected chi connectivity index (χ4v) is 6.06. The molecule has 0 saturated carbocycles. The number of imide groups is 1. The third-order valence-corrected chi connectivity index (χ3v) is 7.83. The Morgan fingerprint density at radius 2 is 1.31 bits per heavy atom. The number of amides is 2. The Balaban J connectivity index is 1.84. The van der Waals surface area contributed by atoms with Crippen LogP contribution in [-0.4, -0.2) is 122 Å². The van der Waals surface area contributed by atoms with Gasteiger partial charge in [-0.1, -0.05) is 30.3 Å². The Kier molecular flexibility index (Phi) is 12.8. The summed E-state index contributed by atoms with van der Waals surface area (Å²) in [5, 5.41) is 0. The van der Waals surface area contributed by atoms with Crippen LogP contribution in [0.15, 0.2) is 30.3 Å². The molecule has 3 fully saturated rings. The van der Waals surface area contributed by atoms with Crippen LogP contribution in [0.1, 0.15) is 53.4 Å². The summed E-state index contributed by atoms with van der Waals surface area (Å²) in [6.45, 7) is 6.21. The molecule has 1 unspecified atom stereocenters. The third-order valence-electron chi connectivity index (χ3n) is 7.83. The summed E-state index contributed by atoms with van der Waals surface area (Å²) in [5.41, 5.74) is 0.646. The van der Waals surface area contributed by atoms with Crippen molar-refractivity contribution in [3.05, 3.63) is 35.9 Å². The Morgan fingerprint density at radius 3 is 1.86 bits per heavy atom. The Labute approximate surface area is 282 Å². The molecule has 0 radical (unpaired) electrons. The SMILES string of the molecule is CO[C@@H]1O[C@@H]2COC(c3ccccc3)O[C@H]2[C@H](O[C@@H]2O[C@H](COC(C)=O)[C@H](OC(C)=O)[C@H](OC(C)=O)[C@H]2OC(C)=O)[C@H]1N(C(C)=O)C(C)=O. The minimum atomic E-state index is -1.67. The topological polar surface area (TPSA) is 198 Å². The molecule has 0 bridgehead atoms. The van der Waals surface area contributed by atoms with Crippen LogP contribution in [0.2, 0.25) is 0 Å². The van der Waals surface area contributed by atoms with Crippen LogP contribution in [-0.2, 0) is 76.1 Å². The number of hydrogen-bond donors (Lipinski definition) is 0. The smallest absolute Gasteiger partial charge is 0.303 e. The fourth-order valence-electron chi connectivity index (χ4n) is 6.06. The molecule has 3 heterocycles. The molecule has 3 aliphatic rings. The number of methoxy groups -OCH3 is 1. The van der Waals surface area contributed by atoms with Gasteiger partial charge in [-0.2, -0.15) is 0 Å². The van der Waals surface area contributed by atoms with E-state index in [1.54, 1.807) is 24.3 Å². The van der Waals surface area contributed by atoms with Crippen molar-refractivity contribution in [1.29, 1.82) is 0 Å². The first-order valence-electron chi connectivity index (χ1n) is 15.5. The van der Waals surface area contributed by atoms with E-state index in [1.165, 1.54) is 21.0 Å². The summed E-state index contributed by atoms with van der Waals surface area (Å²) < 4.78 is 58.6. The largest absolute Gasteiger partial charge is 0.463 e. The van der Waals surface area contributed by atoms with E-state index in [4.69, 9.17) is 47.4 Å². The van der Waals surface area contributed by atoms with Crippen molar-refractivity contribution in [3.8, 4) is 0 Å². The minimum absolute atomic E-state index is 0.0324. The molecule has 270 valence electrons. The maximum absolute atomic E-state index is 13.0. The van der Waals surface area contributed by atoms with Crippen LogP contribution >= 0.6 is 0 Å². The molecule has 2 amide bonds. The number of carbonyl (C=O) groups excluding carboxylic acids is 6. The van der Waals surface area contributed by atoms with Gasteiger partial charge >= 0.3 is 23.9 Å². The van der Waals surface area contributed by atoms with Gasteiger partial charge in [-0.15, -0.1) is 0 Å². The van der Waals surface area contributed by atoms with E-state index in [0.717, 1.165) is 32.6 Å². The van der Waals surface area contributed by atoms with E-state index >= 15 is 0 Å². The second-order valence-electron chi connectivity index (χ2n) is 11.5. The predicted molar refractivity (Wildman–Crippen MR) is 159 cm³/mol. The summed E-state index contributed by atoms with van der Waals surface area (Å²) in [4.78, 5) is 75.6. The summed E-state index contributed by atoms with van der Waals surface area (Å²) in [5.74, 6) is -4.56. The maximum atomic E-state index is 13.0. The molecule has 17 nitrogen and oxygen atoms in total. The average Bonchev–Trinajstić information content (AvgIpc) is 3.02. The number of esters is 4. The molecular weight excluding hydrogens is 654 g/mol. The zero-order valence-corrected chi connectivity index (χ0v) is 28.1. The van der Waals surface area contributed by atoms with Gasteiger partial charge in [0.05, 0.1) is 6.61 Å². The summed E-state index contributed by atoms with van der Waals surface area (Å²) in [6, 6.07) is 7.62. The van der Waals surface area contributed by atoms with Crippen molar-refractivity contribution < 1.29 is 76.1 Å². The lowest BCUT2D eigenvalue weighted by Crippen LogP contribution is -2.71. The van der Waals surface area contributed by atoms with Gasteiger partial charge in [0.25, 0.3) is 0 Å². The second-order valence-corrected chi connectivity index (χ2v) is 11.5. The highest BCUT2D eigenvalue weighted by molar-refractivity contribution is 5.93. The van der Waals surface area contributed by atoms with E-state index in [-0.39, 0.29) is 6.61 Å². The van der Waals surface area contributed by atoms with Crippen molar-refractivity contribution in [1.82, 2.24) is 4.90 Å². The summed E-state index contributed by atoms with van der Waals surface area (Å²) in [6.07, 6.45) is -13.1. The molecule has 1 aromatic rings. The van der Waals surface area contributed by atoms with Gasteiger partial charge in [-0.25, -0.2) is 0 Å². The van der Waals surface area contributed by atoms with Crippen LogP contribution < -0.4 is 0 Å². The number of benzene rings is 1. The molecule has 11 atom stereocenters. The molecule has 49 heavy (non-hydrogen) atoms. The van der Waals surface area contributed by atoms with Gasteiger partial charge in [-0.3, -0.25) is 33.7 Å². The van der Waals surface area contributed by atoms with Gasteiger partial charge < -0.3 is 47.4 Å². The van der Waals surface area contributed by atoms with E-state index in [9.17, 15) is 28.8 Å². The standard InChI is InChI=1S/C32H41NO16/c1-15(34)33(16(2)35)24-27(25-23(46-31(24)40-7)14-42-30(48-25)21-11-9-8-10-12-21)49-32-29(45-20(6)39)28(44-19(5)38)26(43-18(4)37)22(47-32)13-41-17(3)36/h8-12,22-32H,13-14H2,1-7H3/t22-,23-,24-,25-,26+,27-,28+,29-,30?,31-,32+/m1/s1. The molecule has 4 rings (SSSR count). The summed E-state index contributed by atoms with van der Waals surface area (Å²) in [7, 11) is 1.30. The van der Waals surface area contributed by atoms with E-state index < -0.39 is 110 Å². The lowest BCUT2D eigenvalue weighted by molar-refractivity contribution is -0.381. The molecule has 3 saturated heterocycles. The zero-order valence-electron chi connectivity index (χ0n) is 28.1. The van der Waals surface area contributed by atoms with Crippen molar-refractivity contribution in [3.63, 3.8) is 0 Å². The first-order valence-corrected chi connectivity index (χ1v) is 15.5. The molecular formula is C32H41NO16. The number of fused-ring (bicyclic) bond motifs is 1. The highest BCUT2D eigenvalue weighted by Crippen LogP contribution is 2.40.